The number of ether oxygens (including phenoxy) is 1. The number of amides is 2. The number of rotatable bonds is 4. The number of halogens is 1. The van der Waals surface area contributed by atoms with Crippen LogP contribution in [-0.2, 0) is 16.9 Å². The van der Waals surface area contributed by atoms with Gasteiger partial charge in [0.15, 0.2) is 6.35 Å². The first kappa shape index (κ1) is 18.0. The molecular formula is C19H18BrN3O4. The van der Waals surface area contributed by atoms with E-state index in [0.717, 1.165) is 10.0 Å². The molecule has 1 fully saturated rings. The smallest absolute Gasteiger partial charge is 0.254 e. The zero-order valence-corrected chi connectivity index (χ0v) is 16.1. The van der Waals surface area contributed by atoms with Crippen molar-refractivity contribution in [3.8, 4) is 5.75 Å². The molecule has 2 aliphatic heterocycles. The van der Waals surface area contributed by atoms with E-state index in [1.165, 1.54) is 0 Å². The highest BCUT2D eigenvalue weighted by Gasteiger charge is 2.50. The second-order valence-corrected chi connectivity index (χ2v) is 7.53. The zero-order valence-electron chi connectivity index (χ0n) is 14.5. The monoisotopic (exact) mass is 431 g/mol. The molecule has 1 saturated heterocycles. The van der Waals surface area contributed by atoms with Gasteiger partial charge in [0.25, 0.3) is 5.91 Å². The Morgan fingerprint density at radius 3 is 2.63 bits per heavy atom. The number of nitrogens with zero attached hydrogens (tertiary/aromatic N) is 1. The lowest BCUT2D eigenvalue weighted by molar-refractivity contribution is -0.125. The lowest BCUT2D eigenvalue weighted by atomic mass is 9.89. The highest BCUT2D eigenvalue weighted by molar-refractivity contribution is 9.10. The van der Waals surface area contributed by atoms with Crippen LogP contribution in [0.2, 0.25) is 0 Å². The number of carbonyl (C=O) groups excluding carboxylic acids is 2. The summed E-state index contributed by atoms with van der Waals surface area (Å²) in [5.41, 5.74) is 0.882. The number of aliphatic hydroxyl groups is 1. The summed E-state index contributed by atoms with van der Waals surface area (Å²) in [5, 5.41) is 15.4. The number of methoxy groups -OCH3 is 1. The van der Waals surface area contributed by atoms with Crippen LogP contribution in [0.25, 0.3) is 0 Å². The van der Waals surface area contributed by atoms with Gasteiger partial charge in [-0.1, -0.05) is 34.1 Å². The SMILES string of the molecule is COc1ccc2c(c1)C(=O)N(CC1(c3ccc(Br)cc3)NC(O)NC1=O)C2. The van der Waals surface area contributed by atoms with Gasteiger partial charge in [-0.15, -0.1) is 0 Å². The third kappa shape index (κ3) is 2.99. The first-order valence-corrected chi connectivity index (χ1v) is 9.21. The van der Waals surface area contributed by atoms with Gasteiger partial charge in [0.1, 0.15) is 11.3 Å². The number of benzene rings is 2. The maximum Gasteiger partial charge on any atom is 0.254 e. The molecule has 0 saturated carbocycles. The molecule has 2 atom stereocenters. The fraction of sp³-hybridized carbons (Fsp3) is 0.263. The number of hydrogen-bond acceptors (Lipinski definition) is 5. The van der Waals surface area contributed by atoms with Gasteiger partial charge < -0.3 is 20.1 Å². The largest absolute Gasteiger partial charge is 0.497 e. The van der Waals surface area contributed by atoms with Crippen molar-refractivity contribution in [2.45, 2.75) is 18.4 Å². The van der Waals surface area contributed by atoms with Gasteiger partial charge in [-0.3, -0.25) is 14.9 Å². The van der Waals surface area contributed by atoms with Crippen LogP contribution < -0.4 is 15.4 Å². The predicted octanol–water partition coefficient (Wildman–Crippen LogP) is 1.30. The fourth-order valence-corrected chi connectivity index (χ4v) is 3.89. The lowest BCUT2D eigenvalue weighted by Crippen LogP contribution is -2.53. The van der Waals surface area contributed by atoms with E-state index in [9.17, 15) is 14.7 Å². The minimum absolute atomic E-state index is 0.0906. The summed E-state index contributed by atoms with van der Waals surface area (Å²) in [6.45, 7) is 0.481. The third-order valence-corrected chi connectivity index (χ3v) is 5.53. The summed E-state index contributed by atoms with van der Waals surface area (Å²) in [7, 11) is 1.55. The summed E-state index contributed by atoms with van der Waals surface area (Å²) in [6, 6.07) is 12.6. The van der Waals surface area contributed by atoms with Gasteiger partial charge in [-0.2, -0.15) is 0 Å². The van der Waals surface area contributed by atoms with Gasteiger partial charge in [0, 0.05) is 16.6 Å². The summed E-state index contributed by atoms with van der Waals surface area (Å²) < 4.78 is 6.08. The predicted molar refractivity (Wildman–Crippen MR) is 101 cm³/mol. The second kappa shape index (κ2) is 6.63. The first-order chi connectivity index (χ1) is 12.9. The molecule has 4 rings (SSSR count). The summed E-state index contributed by atoms with van der Waals surface area (Å²) in [4.78, 5) is 27.3. The van der Waals surface area contributed by atoms with Crippen molar-refractivity contribution in [2.75, 3.05) is 13.7 Å². The Morgan fingerprint density at radius 2 is 2.00 bits per heavy atom. The van der Waals surface area contributed by atoms with Crippen molar-refractivity contribution >= 4 is 27.7 Å². The summed E-state index contributed by atoms with van der Waals surface area (Å²) in [6.07, 6.45) is -1.18. The van der Waals surface area contributed by atoms with Crippen molar-refractivity contribution in [3.05, 3.63) is 63.6 Å². The Morgan fingerprint density at radius 1 is 1.26 bits per heavy atom. The van der Waals surface area contributed by atoms with Crippen molar-refractivity contribution < 1.29 is 19.4 Å². The average Bonchev–Trinajstić information content (AvgIpc) is 3.12. The number of fused-ring (bicyclic) bond motifs is 1. The van der Waals surface area contributed by atoms with Crippen molar-refractivity contribution in [1.29, 1.82) is 0 Å². The summed E-state index contributed by atoms with van der Waals surface area (Å²) in [5.74, 6) is 0.0637. The number of hydrogen-bond donors (Lipinski definition) is 3. The molecule has 0 aromatic heterocycles. The Bertz CT molecular complexity index is 918. The zero-order chi connectivity index (χ0) is 19.2. The normalized spacial score (nSPS) is 24.1. The molecule has 2 unspecified atom stereocenters. The van der Waals surface area contributed by atoms with Crippen molar-refractivity contribution in [3.63, 3.8) is 0 Å². The van der Waals surface area contributed by atoms with Gasteiger partial charge >= 0.3 is 0 Å². The highest BCUT2D eigenvalue weighted by Crippen LogP contribution is 2.33. The second-order valence-electron chi connectivity index (χ2n) is 6.62. The molecular weight excluding hydrogens is 414 g/mol. The number of nitrogens with one attached hydrogen (secondary N) is 2. The van der Waals surface area contributed by atoms with Crippen LogP contribution >= 0.6 is 15.9 Å². The van der Waals surface area contributed by atoms with E-state index in [1.54, 1.807) is 30.2 Å². The van der Waals surface area contributed by atoms with E-state index in [-0.39, 0.29) is 18.4 Å². The molecule has 0 radical (unpaired) electrons. The lowest BCUT2D eigenvalue weighted by Gasteiger charge is -2.32. The Balaban J connectivity index is 1.68. The van der Waals surface area contributed by atoms with Crippen LogP contribution in [0.1, 0.15) is 21.5 Å². The van der Waals surface area contributed by atoms with Crippen LogP contribution in [-0.4, -0.2) is 41.8 Å². The quantitative estimate of drug-likeness (QED) is 0.678. The van der Waals surface area contributed by atoms with E-state index >= 15 is 0 Å². The van der Waals surface area contributed by atoms with Gasteiger partial charge in [-0.05, 0) is 35.4 Å². The topological polar surface area (TPSA) is 90.9 Å². The molecule has 3 N–H and O–H groups in total. The molecule has 2 amide bonds. The van der Waals surface area contributed by atoms with E-state index in [1.807, 2.05) is 24.3 Å². The average molecular weight is 432 g/mol. The van der Waals surface area contributed by atoms with Crippen molar-refractivity contribution in [1.82, 2.24) is 15.5 Å². The van der Waals surface area contributed by atoms with Gasteiger partial charge in [0.05, 0.1) is 13.7 Å². The van der Waals surface area contributed by atoms with E-state index in [2.05, 4.69) is 26.6 Å². The van der Waals surface area contributed by atoms with E-state index in [0.29, 0.717) is 23.4 Å². The molecule has 0 bridgehead atoms. The molecule has 140 valence electrons. The minimum Gasteiger partial charge on any atom is -0.497 e. The number of carbonyl (C=O) groups is 2. The van der Waals surface area contributed by atoms with Crippen molar-refractivity contribution in [2.24, 2.45) is 0 Å². The van der Waals surface area contributed by atoms with Crippen LogP contribution in [0.4, 0.5) is 0 Å². The van der Waals surface area contributed by atoms with E-state index in [4.69, 9.17) is 4.74 Å². The standard InChI is InChI=1S/C19H18BrN3O4/c1-27-14-7-2-11-9-23(16(24)15(11)8-14)10-19(17(25)21-18(26)22-19)12-3-5-13(20)6-4-12/h2-8,18,22,26H,9-10H2,1H3,(H,21,25). The van der Waals surface area contributed by atoms with Crippen LogP contribution in [0.15, 0.2) is 46.9 Å². The Hall–Kier alpha value is -2.42. The molecule has 27 heavy (non-hydrogen) atoms. The molecule has 7 nitrogen and oxygen atoms in total. The molecule has 2 heterocycles. The molecule has 0 spiro atoms. The minimum atomic E-state index is -1.23. The van der Waals surface area contributed by atoms with E-state index < -0.39 is 11.9 Å². The van der Waals surface area contributed by atoms with Crippen LogP contribution in [0.3, 0.4) is 0 Å². The fourth-order valence-electron chi connectivity index (χ4n) is 3.62. The maximum atomic E-state index is 12.9. The number of aliphatic hydroxyl groups excluding tert-OH is 1. The first-order valence-electron chi connectivity index (χ1n) is 8.42. The Labute approximate surface area is 164 Å². The molecule has 2 aromatic rings. The third-order valence-electron chi connectivity index (χ3n) is 5.00. The maximum absolute atomic E-state index is 12.9. The molecule has 2 aliphatic rings. The highest BCUT2D eigenvalue weighted by atomic mass is 79.9. The molecule has 8 heteroatoms. The Kier molecular flexibility index (Phi) is 4.41. The summed E-state index contributed by atoms with van der Waals surface area (Å²) >= 11 is 3.38. The van der Waals surface area contributed by atoms with Gasteiger partial charge in [-0.25, -0.2) is 0 Å². The van der Waals surface area contributed by atoms with Gasteiger partial charge in [0.2, 0.25) is 5.91 Å². The molecule has 0 aliphatic carbocycles. The van der Waals surface area contributed by atoms with Crippen LogP contribution in [0, 0.1) is 0 Å². The molecule has 2 aromatic carbocycles. The van der Waals surface area contributed by atoms with Crippen LogP contribution in [0.5, 0.6) is 5.75 Å².